The second-order valence-corrected chi connectivity index (χ2v) is 20.5. The highest BCUT2D eigenvalue weighted by atomic mass is 32.2. The van der Waals surface area contributed by atoms with E-state index in [1.165, 1.54) is 16.2 Å². The van der Waals surface area contributed by atoms with Gasteiger partial charge in [0.25, 0.3) is 5.91 Å². The number of carbonyl (C=O) groups excluding carboxylic acids is 4. The number of fused-ring (bicyclic) bond motifs is 3. The number of carbonyl (C=O) groups is 4. The average Bonchev–Trinajstić information content (AvgIpc) is 4.05. The van der Waals surface area contributed by atoms with Crippen LogP contribution in [0.1, 0.15) is 110 Å². The van der Waals surface area contributed by atoms with E-state index in [2.05, 4.69) is 29.2 Å². The summed E-state index contributed by atoms with van der Waals surface area (Å²) < 4.78 is 46.1. The van der Waals surface area contributed by atoms with Crippen LogP contribution in [-0.2, 0) is 29.1 Å². The van der Waals surface area contributed by atoms with Crippen molar-refractivity contribution in [3.63, 3.8) is 0 Å². The van der Waals surface area contributed by atoms with E-state index in [0.717, 1.165) is 24.1 Å². The molecule has 2 aliphatic carbocycles. The number of allylic oxidation sites excluding steroid dienone is 1. The highest BCUT2D eigenvalue weighted by molar-refractivity contribution is 7.91. The fourth-order valence-corrected chi connectivity index (χ4v) is 10.3. The molecule has 7 rings (SSSR count). The van der Waals surface area contributed by atoms with Gasteiger partial charge in [0.15, 0.2) is 0 Å². The number of aryl methyl sites for hydroxylation is 1. The number of hydrogen-bond donors (Lipinski definition) is 3. The van der Waals surface area contributed by atoms with Crippen molar-refractivity contribution in [2.45, 2.75) is 140 Å². The molecule has 2 aromatic heterocycles. The molecule has 3 N–H and O–H groups in total. The number of nitrogens with zero attached hydrogens (tertiary/aromatic N) is 3. The maximum Gasteiger partial charge on any atom is 0.408 e. The van der Waals surface area contributed by atoms with Crippen molar-refractivity contribution in [2.75, 3.05) is 13.7 Å². The molecule has 3 fully saturated rings. The Hall–Kier alpha value is -4.77. The van der Waals surface area contributed by atoms with Crippen molar-refractivity contribution < 1.29 is 41.8 Å². The van der Waals surface area contributed by atoms with E-state index in [1.807, 2.05) is 42.7 Å². The van der Waals surface area contributed by atoms with Gasteiger partial charge in [-0.15, -0.1) is 11.3 Å². The molecule has 5 atom stereocenters. The molecule has 1 aromatic carbocycles. The van der Waals surface area contributed by atoms with E-state index < -0.39 is 74.3 Å². The van der Waals surface area contributed by atoms with Crippen molar-refractivity contribution in [1.82, 2.24) is 30.2 Å². The van der Waals surface area contributed by atoms with Crippen molar-refractivity contribution in [2.24, 2.45) is 5.92 Å². The van der Waals surface area contributed by atoms with Gasteiger partial charge >= 0.3 is 6.09 Å². The summed E-state index contributed by atoms with van der Waals surface area (Å²) in [5, 5.41) is 8.46. The second-order valence-electron chi connectivity index (χ2n) is 17.7. The lowest BCUT2D eigenvalue weighted by atomic mass is 10.0. The van der Waals surface area contributed by atoms with Gasteiger partial charge in [0.1, 0.15) is 51.5 Å². The molecular weight excluding hydrogens is 809 g/mol. The molecule has 4 heterocycles. The third kappa shape index (κ3) is 9.41. The van der Waals surface area contributed by atoms with Crippen LogP contribution in [0.3, 0.4) is 0 Å². The van der Waals surface area contributed by atoms with Crippen LogP contribution < -0.4 is 24.8 Å². The Bertz CT molecular complexity index is 2300. The van der Waals surface area contributed by atoms with E-state index >= 15 is 0 Å². The highest BCUT2D eigenvalue weighted by Gasteiger charge is 2.62. The number of aromatic nitrogens is 2. The molecule has 1 saturated heterocycles. The summed E-state index contributed by atoms with van der Waals surface area (Å²) in [5.74, 6) is -1.02. The molecular formula is C43H56N6O9S2. The number of benzene rings is 1. The van der Waals surface area contributed by atoms with Gasteiger partial charge in [0.2, 0.25) is 21.8 Å². The standard InChI is InChI=1S/C43H56N6O9S2/c1-24(2)32-23-59-38(45-32)31-20-35(29-17-18-34(56-7)25(3)36(29)44-31)57-27-19-33-37(50)47-43(40(52)48-60(54,55)28-15-16-28)21-26(43)13-11-9-8-10-12-14-30(39(51)49(33)22-27)46-41(53)58-42(4,5)6/h11,13,17-18,20,23-24,26-28,30,33H,8-10,12,14-16,19,21-22H2,1-7H3,(H,46,53)(H,47,50)(H,48,52)/b13-11-/t26-,27-,30+,33+,43-/m1/s1. The molecule has 4 amide bonds. The first kappa shape index (κ1) is 43.3. The van der Waals surface area contributed by atoms with E-state index in [-0.39, 0.29) is 25.3 Å². The molecule has 2 aliphatic heterocycles. The molecule has 3 aromatic rings. The van der Waals surface area contributed by atoms with E-state index in [0.29, 0.717) is 65.2 Å². The maximum absolute atomic E-state index is 14.7. The number of pyridine rings is 1. The fraction of sp³-hybridized carbons (Fsp3) is 0.581. The number of methoxy groups -OCH3 is 1. The first-order valence-electron chi connectivity index (χ1n) is 20.8. The highest BCUT2D eigenvalue weighted by Crippen LogP contribution is 2.46. The molecule has 324 valence electrons. The van der Waals surface area contributed by atoms with Gasteiger partial charge in [-0.1, -0.05) is 38.8 Å². The number of hydrogen-bond acceptors (Lipinski definition) is 12. The van der Waals surface area contributed by atoms with Gasteiger partial charge < -0.3 is 29.7 Å². The number of amides is 4. The van der Waals surface area contributed by atoms with Crippen molar-refractivity contribution >= 4 is 56.1 Å². The molecule has 0 unspecified atom stereocenters. The number of sulfonamides is 1. The Morgan fingerprint density at radius 1 is 1.07 bits per heavy atom. The molecule has 0 radical (unpaired) electrons. The minimum Gasteiger partial charge on any atom is -0.496 e. The van der Waals surface area contributed by atoms with Crippen LogP contribution in [0.2, 0.25) is 0 Å². The van der Waals surface area contributed by atoms with Crippen molar-refractivity contribution in [3.05, 3.63) is 47.0 Å². The summed E-state index contributed by atoms with van der Waals surface area (Å²) in [5.41, 5.74) is 0.635. The minimum absolute atomic E-state index is 0.0228. The van der Waals surface area contributed by atoms with Gasteiger partial charge in [-0.3, -0.25) is 19.1 Å². The average molecular weight is 865 g/mol. The number of thiazole rings is 1. The fourth-order valence-electron chi connectivity index (χ4n) is 7.95. The lowest BCUT2D eigenvalue weighted by molar-refractivity contribution is -0.141. The SMILES string of the molecule is COc1ccc2c(O[C@@H]3C[C@H]4C(=O)N[C@]5(C(=O)NS(=O)(=O)C6CC6)C[C@H]5/C=C\CCCCC[C@H](NC(=O)OC(C)(C)C)C(=O)N4C3)cc(-c3nc(C(C)C)cs3)nc2c1C. The van der Waals surface area contributed by atoms with Gasteiger partial charge in [-0.2, -0.15) is 0 Å². The molecule has 60 heavy (non-hydrogen) atoms. The number of rotatable bonds is 9. The molecule has 2 saturated carbocycles. The van der Waals surface area contributed by atoms with Crippen molar-refractivity contribution in [3.8, 4) is 22.2 Å². The van der Waals surface area contributed by atoms with E-state index in [1.54, 1.807) is 27.9 Å². The van der Waals surface area contributed by atoms with Crippen LogP contribution in [0.15, 0.2) is 35.7 Å². The van der Waals surface area contributed by atoms with Crippen LogP contribution in [0.25, 0.3) is 21.6 Å². The Morgan fingerprint density at radius 3 is 2.52 bits per heavy atom. The lowest BCUT2D eigenvalue weighted by Crippen LogP contribution is -2.58. The predicted octanol–water partition coefficient (Wildman–Crippen LogP) is 6.04. The Morgan fingerprint density at radius 2 is 1.83 bits per heavy atom. The summed E-state index contributed by atoms with van der Waals surface area (Å²) in [6.45, 7) is 11.2. The summed E-state index contributed by atoms with van der Waals surface area (Å²) in [7, 11) is -2.32. The quantitative estimate of drug-likeness (QED) is 0.212. The lowest BCUT2D eigenvalue weighted by Gasteiger charge is -2.30. The molecule has 4 aliphatic rings. The number of nitrogens with one attached hydrogen (secondary N) is 3. The third-order valence-electron chi connectivity index (χ3n) is 11.5. The monoisotopic (exact) mass is 864 g/mol. The summed E-state index contributed by atoms with van der Waals surface area (Å²) in [6.07, 6.45) is 6.67. The van der Waals surface area contributed by atoms with Crippen LogP contribution in [0, 0.1) is 12.8 Å². The second kappa shape index (κ2) is 16.9. The molecule has 17 heteroatoms. The van der Waals surface area contributed by atoms with Gasteiger partial charge in [-0.05, 0) is 84.3 Å². The zero-order chi connectivity index (χ0) is 43.1. The van der Waals surface area contributed by atoms with Crippen molar-refractivity contribution in [1.29, 1.82) is 0 Å². The van der Waals surface area contributed by atoms with E-state index in [4.69, 9.17) is 24.2 Å². The maximum atomic E-state index is 14.7. The summed E-state index contributed by atoms with van der Waals surface area (Å²) >= 11 is 1.48. The van der Waals surface area contributed by atoms with Gasteiger partial charge in [0.05, 0.1) is 30.1 Å². The number of alkyl carbamates (subject to hydrolysis) is 1. The van der Waals surface area contributed by atoms with Crippen LogP contribution in [0.4, 0.5) is 4.79 Å². The van der Waals surface area contributed by atoms with Gasteiger partial charge in [-0.25, -0.2) is 23.2 Å². The normalized spacial score (nSPS) is 25.6. The zero-order valence-electron chi connectivity index (χ0n) is 35.3. The largest absolute Gasteiger partial charge is 0.496 e. The van der Waals surface area contributed by atoms with Gasteiger partial charge in [0, 0.05) is 34.7 Å². The topological polar surface area (TPSA) is 195 Å². The molecule has 0 spiro atoms. The summed E-state index contributed by atoms with van der Waals surface area (Å²) in [6, 6.07) is 3.37. The molecule has 0 bridgehead atoms. The summed E-state index contributed by atoms with van der Waals surface area (Å²) in [4.78, 5) is 67.6. The third-order valence-corrected chi connectivity index (χ3v) is 14.2. The number of ether oxygens (including phenoxy) is 3. The molecule has 15 nitrogen and oxygen atoms in total. The first-order chi connectivity index (χ1) is 28.4. The van der Waals surface area contributed by atoms with Crippen LogP contribution >= 0.6 is 11.3 Å². The minimum atomic E-state index is -3.91. The first-order valence-corrected chi connectivity index (χ1v) is 23.3. The van der Waals surface area contributed by atoms with Crippen LogP contribution in [-0.4, -0.2) is 95.3 Å². The predicted molar refractivity (Wildman–Crippen MR) is 227 cm³/mol. The Kier molecular flexibility index (Phi) is 12.2. The zero-order valence-corrected chi connectivity index (χ0v) is 37.0. The van der Waals surface area contributed by atoms with Crippen LogP contribution in [0.5, 0.6) is 11.5 Å². The van der Waals surface area contributed by atoms with E-state index in [9.17, 15) is 27.6 Å². The smallest absolute Gasteiger partial charge is 0.408 e. The Balaban J connectivity index is 1.25. The Labute approximate surface area is 355 Å².